The summed E-state index contributed by atoms with van der Waals surface area (Å²) >= 11 is 5.93. The van der Waals surface area contributed by atoms with Gasteiger partial charge in [-0.2, -0.15) is 0 Å². The molecular weight excluding hydrogens is 364 g/mol. The number of amides is 1. The van der Waals surface area contributed by atoms with E-state index in [0.717, 1.165) is 49.0 Å². The molecule has 0 atom stereocenters. The standard InChI is InChI=1S/C21H25ClN2O3/c1-16-15-17(22)4-9-20(16)27-12-2-3-21(25)23-18-5-7-19(8-6-18)24-10-13-26-14-11-24/h4-9,15H,2-3,10-14H2,1H3,(H,23,25). The molecule has 2 aromatic carbocycles. The minimum absolute atomic E-state index is 0.00875. The SMILES string of the molecule is Cc1cc(Cl)ccc1OCCCC(=O)Nc1ccc(N2CCOCC2)cc1. The molecule has 0 aromatic heterocycles. The molecule has 3 rings (SSSR count). The summed E-state index contributed by atoms with van der Waals surface area (Å²) in [7, 11) is 0. The lowest BCUT2D eigenvalue weighted by atomic mass is 10.2. The topological polar surface area (TPSA) is 50.8 Å². The normalized spacial score (nSPS) is 14.1. The zero-order chi connectivity index (χ0) is 19.1. The number of halogens is 1. The van der Waals surface area contributed by atoms with Gasteiger partial charge >= 0.3 is 0 Å². The Bertz CT molecular complexity index is 759. The fourth-order valence-electron chi connectivity index (χ4n) is 2.99. The maximum atomic E-state index is 12.1. The van der Waals surface area contributed by atoms with Crippen molar-refractivity contribution in [1.82, 2.24) is 0 Å². The third-order valence-electron chi connectivity index (χ3n) is 4.47. The van der Waals surface area contributed by atoms with Crippen molar-refractivity contribution in [2.45, 2.75) is 19.8 Å². The number of ether oxygens (including phenoxy) is 2. The van der Waals surface area contributed by atoms with Gasteiger partial charge < -0.3 is 19.7 Å². The summed E-state index contributed by atoms with van der Waals surface area (Å²) in [5.41, 5.74) is 2.96. The molecule has 0 unspecified atom stereocenters. The van der Waals surface area contributed by atoms with Crippen LogP contribution in [0.2, 0.25) is 5.02 Å². The number of morpholine rings is 1. The van der Waals surface area contributed by atoms with E-state index in [2.05, 4.69) is 10.2 Å². The third kappa shape index (κ3) is 5.88. The number of carbonyl (C=O) groups is 1. The van der Waals surface area contributed by atoms with Crippen LogP contribution in [0.3, 0.4) is 0 Å². The second kappa shape index (κ2) is 9.62. The lowest BCUT2D eigenvalue weighted by Gasteiger charge is -2.28. The molecule has 1 saturated heterocycles. The Balaban J connectivity index is 1.40. The summed E-state index contributed by atoms with van der Waals surface area (Å²) < 4.78 is 11.1. The van der Waals surface area contributed by atoms with E-state index in [1.165, 1.54) is 0 Å². The van der Waals surface area contributed by atoms with Crippen molar-refractivity contribution in [3.8, 4) is 5.75 Å². The van der Waals surface area contributed by atoms with Gasteiger partial charge in [-0.15, -0.1) is 0 Å². The van der Waals surface area contributed by atoms with Crippen molar-refractivity contribution in [1.29, 1.82) is 0 Å². The molecular formula is C21H25ClN2O3. The first-order chi connectivity index (χ1) is 13.1. The molecule has 0 radical (unpaired) electrons. The predicted octanol–water partition coefficient (Wildman–Crippen LogP) is 4.28. The van der Waals surface area contributed by atoms with Crippen LogP contribution in [0.4, 0.5) is 11.4 Å². The second-order valence-corrected chi connectivity index (χ2v) is 6.99. The third-order valence-corrected chi connectivity index (χ3v) is 4.71. The molecule has 0 saturated carbocycles. The van der Waals surface area contributed by atoms with Crippen molar-refractivity contribution in [2.24, 2.45) is 0 Å². The van der Waals surface area contributed by atoms with E-state index in [0.29, 0.717) is 24.5 Å². The van der Waals surface area contributed by atoms with Crippen molar-refractivity contribution >= 4 is 28.9 Å². The van der Waals surface area contributed by atoms with Gasteiger partial charge in [0.1, 0.15) is 5.75 Å². The molecule has 0 spiro atoms. The molecule has 5 nitrogen and oxygen atoms in total. The van der Waals surface area contributed by atoms with Gasteiger partial charge in [0.25, 0.3) is 0 Å². The van der Waals surface area contributed by atoms with Crippen molar-refractivity contribution in [2.75, 3.05) is 43.1 Å². The van der Waals surface area contributed by atoms with Gasteiger partial charge in [-0.25, -0.2) is 0 Å². The van der Waals surface area contributed by atoms with Crippen LogP contribution in [0.5, 0.6) is 5.75 Å². The molecule has 1 fully saturated rings. The Morgan fingerprint density at radius 1 is 1.19 bits per heavy atom. The zero-order valence-corrected chi connectivity index (χ0v) is 16.3. The van der Waals surface area contributed by atoms with Crippen LogP contribution in [0, 0.1) is 6.92 Å². The van der Waals surface area contributed by atoms with E-state index in [1.54, 1.807) is 6.07 Å². The zero-order valence-electron chi connectivity index (χ0n) is 15.5. The number of benzene rings is 2. The smallest absolute Gasteiger partial charge is 0.224 e. The average Bonchev–Trinajstić information content (AvgIpc) is 2.68. The van der Waals surface area contributed by atoms with Gasteiger partial charge in [0.15, 0.2) is 0 Å². The fraction of sp³-hybridized carbons (Fsp3) is 0.381. The lowest BCUT2D eigenvalue weighted by Crippen LogP contribution is -2.36. The lowest BCUT2D eigenvalue weighted by molar-refractivity contribution is -0.116. The summed E-state index contributed by atoms with van der Waals surface area (Å²) in [5.74, 6) is 0.795. The van der Waals surface area contributed by atoms with Crippen LogP contribution in [0.25, 0.3) is 0 Å². The highest BCUT2D eigenvalue weighted by Gasteiger charge is 2.11. The van der Waals surface area contributed by atoms with Crippen LogP contribution in [-0.2, 0) is 9.53 Å². The van der Waals surface area contributed by atoms with Crippen molar-refractivity contribution < 1.29 is 14.3 Å². The molecule has 27 heavy (non-hydrogen) atoms. The molecule has 0 bridgehead atoms. The first-order valence-corrected chi connectivity index (χ1v) is 9.61. The highest BCUT2D eigenvalue weighted by atomic mass is 35.5. The van der Waals surface area contributed by atoms with Gasteiger partial charge in [-0.1, -0.05) is 11.6 Å². The molecule has 144 valence electrons. The molecule has 1 aliphatic heterocycles. The minimum atomic E-state index is -0.00875. The Labute approximate surface area is 165 Å². The van der Waals surface area contributed by atoms with E-state index in [-0.39, 0.29) is 5.91 Å². The van der Waals surface area contributed by atoms with Gasteiger partial charge in [-0.3, -0.25) is 4.79 Å². The summed E-state index contributed by atoms with van der Waals surface area (Å²) in [6.07, 6.45) is 1.07. The number of rotatable bonds is 7. The summed E-state index contributed by atoms with van der Waals surface area (Å²) in [5, 5.41) is 3.63. The highest BCUT2D eigenvalue weighted by Crippen LogP contribution is 2.22. The quantitative estimate of drug-likeness (QED) is 0.719. The Morgan fingerprint density at radius 2 is 1.93 bits per heavy atom. The van der Waals surface area contributed by atoms with E-state index >= 15 is 0 Å². The maximum Gasteiger partial charge on any atom is 0.224 e. The van der Waals surface area contributed by atoms with E-state index in [1.807, 2.05) is 43.3 Å². The van der Waals surface area contributed by atoms with Crippen LogP contribution in [0.1, 0.15) is 18.4 Å². The number of anilines is 2. The molecule has 1 aliphatic rings. The van der Waals surface area contributed by atoms with Gasteiger partial charge in [0, 0.05) is 35.9 Å². The molecule has 1 heterocycles. The van der Waals surface area contributed by atoms with Crippen LogP contribution in [0.15, 0.2) is 42.5 Å². The average molecular weight is 389 g/mol. The Morgan fingerprint density at radius 3 is 2.63 bits per heavy atom. The monoisotopic (exact) mass is 388 g/mol. The Kier molecular flexibility index (Phi) is 6.96. The molecule has 2 aromatic rings. The van der Waals surface area contributed by atoms with Crippen LogP contribution < -0.4 is 15.0 Å². The van der Waals surface area contributed by atoms with Gasteiger partial charge in [-0.05, 0) is 61.4 Å². The van der Waals surface area contributed by atoms with Crippen molar-refractivity contribution in [3.05, 3.63) is 53.1 Å². The molecule has 6 heteroatoms. The maximum absolute atomic E-state index is 12.1. The van der Waals surface area contributed by atoms with Gasteiger partial charge in [0.2, 0.25) is 5.91 Å². The largest absolute Gasteiger partial charge is 0.493 e. The number of hydrogen-bond donors (Lipinski definition) is 1. The predicted molar refractivity (Wildman–Crippen MR) is 109 cm³/mol. The van der Waals surface area contributed by atoms with Crippen molar-refractivity contribution in [3.63, 3.8) is 0 Å². The first kappa shape index (κ1) is 19.5. The Hall–Kier alpha value is -2.24. The number of carbonyl (C=O) groups excluding carboxylic acids is 1. The molecule has 1 N–H and O–H groups in total. The minimum Gasteiger partial charge on any atom is -0.493 e. The molecule has 1 amide bonds. The fourth-order valence-corrected chi connectivity index (χ4v) is 3.22. The number of hydrogen-bond acceptors (Lipinski definition) is 4. The van der Waals surface area contributed by atoms with Gasteiger partial charge in [0.05, 0.1) is 19.8 Å². The first-order valence-electron chi connectivity index (χ1n) is 9.23. The summed E-state index contributed by atoms with van der Waals surface area (Å²) in [6.45, 7) is 5.77. The number of aryl methyl sites for hydroxylation is 1. The summed E-state index contributed by atoms with van der Waals surface area (Å²) in [4.78, 5) is 14.4. The number of nitrogens with zero attached hydrogens (tertiary/aromatic N) is 1. The van der Waals surface area contributed by atoms with E-state index < -0.39 is 0 Å². The second-order valence-electron chi connectivity index (χ2n) is 6.56. The summed E-state index contributed by atoms with van der Waals surface area (Å²) in [6, 6.07) is 13.5. The highest BCUT2D eigenvalue weighted by molar-refractivity contribution is 6.30. The van der Waals surface area contributed by atoms with Crippen LogP contribution >= 0.6 is 11.6 Å². The van der Waals surface area contributed by atoms with E-state index in [4.69, 9.17) is 21.1 Å². The van der Waals surface area contributed by atoms with Crippen LogP contribution in [-0.4, -0.2) is 38.8 Å². The van der Waals surface area contributed by atoms with E-state index in [9.17, 15) is 4.79 Å². The molecule has 0 aliphatic carbocycles. The number of nitrogens with one attached hydrogen (secondary N) is 1.